The summed E-state index contributed by atoms with van der Waals surface area (Å²) in [6, 6.07) is 5.07. The summed E-state index contributed by atoms with van der Waals surface area (Å²) in [5, 5.41) is 10.2. The zero-order chi connectivity index (χ0) is 10.1. The Labute approximate surface area is 81.8 Å². The number of fused-ring (bicyclic) bond motifs is 1. The highest BCUT2D eigenvalue weighted by Crippen LogP contribution is 2.24. The Balaban J connectivity index is 2.77. The molecule has 0 aliphatic carbocycles. The highest BCUT2D eigenvalue weighted by Gasteiger charge is 2.05. The first-order valence-corrected chi connectivity index (χ1v) is 4.29. The summed E-state index contributed by atoms with van der Waals surface area (Å²) in [7, 11) is 3.82. The van der Waals surface area contributed by atoms with Gasteiger partial charge in [0, 0.05) is 19.5 Å². The Morgan fingerprint density at radius 2 is 2.00 bits per heavy atom. The molecule has 0 atom stereocenters. The highest BCUT2D eigenvalue weighted by atomic mass is 16.3. The molecule has 2 aromatic rings. The molecule has 1 heterocycles. The van der Waals surface area contributed by atoms with Crippen LogP contribution in [-0.4, -0.2) is 29.2 Å². The van der Waals surface area contributed by atoms with Crippen LogP contribution < -0.4 is 4.90 Å². The fraction of sp³-hybridized carbons (Fsp3) is 0.200. The highest BCUT2D eigenvalue weighted by molar-refractivity contribution is 5.90. The van der Waals surface area contributed by atoms with Crippen LogP contribution in [0.1, 0.15) is 0 Å². The monoisotopic (exact) mass is 189 g/mol. The van der Waals surface area contributed by atoms with Gasteiger partial charge in [0.05, 0.1) is 5.52 Å². The van der Waals surface area contributed by atoms with E-state index in [-0.39, 0.29) is 5.75 Å². The van der Waals surface area contributed by atoms with Crippen LogP contribution in [-0.2, 0) is 0 Å². The van der Waals surface area contributed by atoms with Crippen molar-refractivity contribution in [1.82, 2.24) is 9.97 Å². The van der Waals surface area contributed by atoms with Gasteiger partial charge in [0.15, 0.2) is 0 Å². The number of hydrogen-bond donors (Lipinski definition) is 1. The number of phenolic OH excluding ortho intramolecular Hbond substituents is 1. The van der Waals surface area contributed by atoms with Crippen LogP contribution in [0.25, 0.3) is 10.9 Å². The largest absolute Gasteiger partial charge is 0.508 e. The molecule has 0 fully saturated rings. The van der Waals surface area contributed by atoms with Crippen LogP contribution in [0.4, 0.5) is 5.82 Å². The topological polar surface area (TPSA) is 49.2 Å². The Bertz CT molecular complexity index is 468. The van der Waals surface area contributed by atoms with Crippen molar-refractivity contribution in [3.63, 3.8) is 0 Å². The molecule has 0 bridgehead atoms. The summed E-state index contributed by atoms with van der Waals surface area (Å²) in [4.78, 5) is 10.2. The molecular weight excluding hydrogens is 178 g/mol. The van der Waals surface area contributed by atoms with E-state index in [1.54, 1.807) is 18.2 Å². The van der Waals surface area contributed by atoms with Crippen molar-refractivity contribution < 1.29 is 5.11 Å². The van der Waals surface area contributed by atoms with Crippen LogP contribution in [0.5, 0.6) is 5.75 Å². The van der Waals surface area contributed by atoms with E-state index in [4.69, 9.17) is 0 Å². The average Bonchev–Trinajstić information content (AvgIpc) is 2.16. The SMILES string of the molecule is CN(C)c1ncnc2ccc(O)cc12. The Kier molecular flexibility index (Phi) is 1.96. The maximum Gasteiger partial charge on any atom is 0.139 e. The van der Waals surface area contributed by atoms with Gasteiger partial charge in [-0.05, 0) is 18.2 Å². The number of anilines is 1. The Morgan fingerprint density at radius 3 is 2.71 bits per heavy atom. The third-order valence-corrected chi connectivity index (χ3v) is 2.02. The molecule has 1 aromatic carbocycles. The summed E-state index contributed by atoms with van der Waals surface area (Å²) in [5.41, 5.74) is 0.835. The standard InChI is InChI=1S/C10H11N3O/c1-13(2)10-8-5-7(14)3-4-9(8)11-6-12-10/h3-6,14H,1-2H3. The zero-order valence-corrected chi connectivity index (χ0v) is 8.10. The molecule has 0 spiro atoms. The molecule has 0 saturated carbocycles. The molecule has 72 valence electrons. The van der Waals surface area contributed by atoms with Gasteiger partial charge in [0.25, 0.3) is 0 Å². The summed E-state index contributed by atoms with van der Waals surface area (Å²) in [5.74, 6) is 1.04. The molecule has 0 unspecified atom stereocenters. The normalized spacial score (nSPS) is 10.4. The molecule has 0 aliphatic heterocycles. The molecule has 0 radical (unpaired) electrons. The second-order valence-corrected chi connectivity index (χ2v) is 3.29. The van der Waals surface area contributed by atoms with Gasteiger partial charge < -0.3 is 10.0 Å². The fourth-order valence-electron chi connectivity index (χ4n) is 1.39. The number of benzene rings is 1. The molecule has 0 saturated heterocycles. The van der Waals surface area contributed by atoms with Crippen molar-refractivity contribution in [3.8, 4) is 5.75 Å². The average molecular weight is 189 g/mol. The molecule has 0 aliphatic rings. The third-order valence-electron chi connectivity index (χ3n) is 2.02. The maximum atomic E-state index is 9.36. The van der Waals surface area contributed by atoms with Gasteiger partial charge in [-0.3, -0.25) is 0 Å². The summed E-state index contributed by atoms with van der Waals surface area (Å²) in [6.07, 6.45) is 1.52. The van der Waals surface area contributed by atoms with E-state index in [0.29, 0.717) is 0 Å². The van der Waals surface area contributed by atoms with Gasteiger partial charge in [0.1, 0.15) is 17.9 Å². The lowest BCUT2D eigenvalue weighted by molar-refractivity contribution is 0.476. The van der Waals surface area contributed by atoms with Crippen molar-refractivity contribution in [2.75, 3.05) is 19.0 Å². The van der Waals surface area contributed by atoms with Crippen molar-refractivity contribution in [1.29, 1.82) is 0 Å². The number of aromatic nitrogens is 2. The Morgan fingerprint density at radius 1 is 1.21 bits per heavy atom. The van der Waals surface area contributed by atoms with Crippen LogP contribution in [0.15, 0.2) is 24.5 Å². The second kappa shape index (κ2) is 3.14. The first-order chi connectivity index (χ1) is 6.68. The van der Waals surface area contributed by atoms with Crippen LogP contribution in [0, 0.1) is 0 Å². The predicted octanol–water partition coefficient (Wildman–Crippen LogP) is 1.40. The van der Waals surface area contributed by atoms with Crippen molar-refractivity contribution in [2.24, 2.45) is 0 Å². The second-order valence-electron chi connectivity index (χ2n) is 3.29. The van der Waals surface area contributed by atoms with Gasteiger partial charge >= 0.3 is 0 Å². The van der Waals surface area contributed by atoms with Gasteiger partial charge in [-0.2, -0.15) is 0 Å². The van der Waals surface area contributed by atoms with Crippen molar-refractivity contribution in [3.05, 3.63) is 24.5 Å². The van der Waals surface area contributed by atoms with Gasteiger partial charge in [-0.1, -0.05) is 0 Å². The lowest BCUT2D eigenvalue weighted by Crippen LogP contribution is -2.11. The van der Waals surface area contributed by atoms with Gasteiger partial charge in [-0.25, -0.2) is 9.97 Å². The molecule has 1 N–H and O–H groups in total. The molecule has 14 heavy (non-hydrogen) atoms. The molecule has 1 aromatic heterocycles. The van der Waals surface area contributed by atoms with Crippen LogP contribution >= 0.6 is 0 Å². The molecule has 0 amide bonds. The first-order valence-electron chi connectivity index (χ1n) is 4.29. The quantitative estimate of drug-likeness (QED) is 0.736. The Hall–Kier alpha value is -1.84. The molecule has 4 heteroatoms. The zero-order valence-electron chi connectivity index (χ0n) is 8.10. The maximum absolute atomic E-state index is 9.36. The lowest BCUT2D eigenvalue weighted by Gasteiger charge is -2.13. The minimum atomic E-state index is 0.232. The smallest absolute Gasteiger partial charge is 0.139 e. The summed E-state index contributed by atoms with van der Waals surface area (Å²) >= 11 is 0. The molecule has 2 rings (SSSR count). The van der Waals surface area contributed by atoms with Gasteiger partial charge in [-0.15, -0.1) is 0 Å². The third kappa shape index (κ3) is 1.35. The predicted molar refractivity (Wildman–Crippen MR) is 55.5 cm³/mol. The summed E-state index contributed by atoms with van der Waals surface area (Å²) < 4.78 is 0. The van der Waals surface area contributed by atoms with E-state index in [2.05, 4.69) is 9.97 Å². The summed E-state index contributed by atoms with van der Waals surface area (Å²) in [6.45, 7) is 0. The minimum Gasteiger partial charge on any atom is -0.508 e. The van der Waals surface area contributed by atoms with E-state index >= 15 is 0 Å². The number of nitrogens with zero attached hydrogens (tertiary/aromatic N) is 3. The van der Waals surface area contributed by atoms with E-state index in [9.17, 15) is 5.11 Å². The number of aromatic hydroxyl groups is 1. The first kappa shape index (κ1) is 8.74. The van der Waals surface area contributed by atoms with E-state index < -0.39 is 0 Å². The van der Waals surface area contributed by atoms with E-state index in [1.165, 1.54) is 6.33 Å². The lowest BCUT2D eigenvalue weighted by atomic mass is 10.2. The minimum absolute atomic E-state index is 0.232. The van der Waals surface area contributed by atoms with Crippen molar-refractivity contribution in [2.45, 2.75) is 0 Å². The molecule has 4 nitrogen and oxygen atoms in total. The fourth-order valence-corrected chi connectivity index (χ4v) is 1.39. The van der Waals surface area contributed by atoms with Crippen LogP contribution in [0.2, 0.25) is 0 Å². The van der Waals surface area contributed by atoms with Crippen molar-refractivity contribution >= 4 is 16.7 Å². The van der Waals surface area contributed by atoms with E-state index in [0.717, 1.165) is 16.7 Å². The number of hydrogen-bond acceptors (Lipinski definition) is 4. The number of rotatable bonds is 1. The van der Waals surface area contributed by atoms with E-state index in [1.807, 2.05) is 19.0 Å². The van der Waals surface area contributed by atoms with Gasteiger partial charge in [0.2, 0.25) is 0 Å². The van der Waals surface area contributed by atoms with Crippen LogP contribution in [0.3, 0.4) is 0 Å². The molecular formula is C10H11N3O. The number of phenols is 1.